The molecule has 124 valence electrons. The lowest BCUT2D eigenvalue weighted by Crippen LogP contribution is -2.32. The Morgan fingerprint density at radius 1 is 1.27 bits per heavy atom. The Balaban J connectivity index is 2.17. The molecule has 0 radical (unpaired) electrons. The van der Waals surface area contributed by atoms with E-state index in [0.29, 0.717) is 35.2 Å². The minimum absolute atomic E-state index is 0.0785. The van der Waals surface area contributed by atoms with E-state index >= 15 is 0 Å². The molecule has 0 aromatic heterocycles. The third-order valence-electron chi connectivity index (χ3n) is 3.35. The zero-order valence-corrected chi connectivity index (χ0v) is 14.8. The largest absolute Gasteiger partial charge is 0.492 e. The second-order valence-corrected chi connectivity index (χ2v) is 6.33. The first kappa shape index (κ1) is 19.1. The van der Waals surface area contributed by atoms with Gasteiger partial charge >= 0.3 is 0 Å². The molecular formula is C17H25Cl2NO2. The van der Waals surface area contributed by atoms with Crippen molar-refractivity contribution in [2.75, 3.05) is 6.61 Å². The highest BCUT2D eigenvalue weighted by molar-refractivity contribution is 6.35. The van der Waals surface area contributed by atoms with Crippen LogP contribution in [0.5, 0.6) is 5.75 Å². The van der Waals surface area contributed by atoms with Crippen molar-refractivity contribution in [2.45, 2.75) is 58.4 Å². The number of carbonyl (C=O) groups is 1. The molecule has 0 aliphatic heterocycles. The number of hydrogen-bond donors (Lipinski definition) is 1. The Kier molecular flexibility index (Phi) is 9.33. The van der Waals surface area contributed by atoms with E-state index in [0.717, 1.165) is 12.8 Å². The van der Waals surface area contributed by atoms with Crippen LogP contribution in [0.2, 0.25) is 10.0 Å². The summed E-state index contributed by atoms with van der Waals surface area (Å²) in [6.07, 6.45) is 5.74. The summed E-state index contributed by atoms with van der Waals surface area (Å²) in [6, 6.07) is 5.35. The number of rotatable bonds is 10. The highest BCUT2D eigenvalue weighted by Gasteiger charge is 2.07. The van der Waals surface area contributed by atoms with Gasteiger partial charge in [-0.25, -0.2) is 0 Å². The maximum Gasteiger partial charge on any atom is 0.220 e. The summed E-state index contributed by atoms with van der Waals surface area (Å²) in [6.45, 7) is 4.69. The van der Waals surface area contributed by atoms with Crippen molar-refractivity contribution < 1.29 is 9.53 Å². The number of benzene rings is 1. The van der Waals surface area contributed by atoms with Crippen molar-refractivity contribution in [1.29, 1.82) is 0 Å². The molecule has 0 saturated carbocycles. The topological polar surface area (TPSA) is 38.3 Å². The van der Waals surface area contributed by atoms with Gasteiger partial charge in [-0.2, -0.15) is 0 Å². The average Bonchev–Trinajstić information content (AvgIpc) is 2.45. The zero-order chi connectivity index (χ0) is 16.4. The molecule has 22 heavy (non-hydrogen) atoms. The lowest BCUT2D eigenvalue weighted by Gasteiger charge is -2.14. The van der Waals surface area contributed by atoms with Crippen LogP contribution in [-0.2, 0) is 4.79 Å². The molecule has 0 saturated heterocycles. The summed E-state index contributed by atoms with van der Waals surface area (Å²) in [5.41, 5.74) is 0. The van der Waals surface area contributed by atoms with E-state index in [4.69, 9.17) is 27.9 Å². The first-order chi connectivity index (χ1) is 10.5. The first-order valence-electron chi connectivity index (χ1n) is 7.90. The molecule has 0 aliphatic carbocycles. The van der Waals surface area contributed by atoms with Crippen LogP contribution in [0.3, 0.4) is 0 Å². The molecule has 1 amide bonds. The number of hydrogen-bond acceptors (Lipinski definition) is 2. The summed E-state index contributed by atoms with van der Waals surface area (Å²) in [7, 11) is 0. The third-order valence-corrected chi connectivity index (χ3v) is 3.88. The van der Waals surface area contributed by atoms with E-state index in [1.807, 2.05) is 0 Å². The number of halogens is 2. The molecule has 5 heteroatoms. The van der Waals surface area contributed by atoms with E-state index in [1.54, 1.807) is 18.2 Å². The lowest BCUT2D eigenvalue weighted by atomic mass is 10.1. The summed E-state index contributed by atoms with van der Waals surface area (Å²) >= 11 is 11.8. The van der Waals surface area contributed by atoms with Crippen LogP contribution in [0.1, 0.15) is 52.4 Å². The van der Waals surface area contributed by atoms with Crippen LogP contribution in [0, 0.1) is 0 Å². The SMILES string of the molecule is CCCCCC(C)NC(=O)CCCOc1ccc(Cl)cc1Cl. The second kappa shape index (κ2) is 10.7. The van der Waals surface area contributed by atoms with Crippen molar-refractivity contribution in [3.05, 3.63) is 28.2 Å². The fraction of sp³-hybridized carbons (Fsp3) is 0.588. The molecular weight excluding hydrogens is 321 g/mol. The molecule has 0 fully saturated rings. The van der Waals surface area contributed by atoms with E-state index in [-0.39, 0.29) is 11.9 Å². The van der Waals surface area contributed by atoms with Crippen LogP contribution >= 0.6 is 23.2 Å². The van der Waals surface area contributed by atoms with E-state index in [1.165, 1.54) is 12.8 Å². The molecule has 1 aromatic rings. The highest BCUT2D eigenvalue weighted by Crippen LogP contribution is 2.27. The summed E-state index contributed by atoms with van der Waals surface area (Å²) < 4.78 is 5.56. The molecule has 1 N–H and O–H groups in total. The van der Waals surface area contributed by atoms with Crippen LogP contribution in [0.25, 0.3) is 0 Å². The fourth-order valence-electron chi connectivity index (χ4n) is 2.13. The number of ether oxygens (including phenoxy) is 1. The quantitative estimate of drug-likeness (QED) is 0.589. The fourth-order valence-corrected chi connectivity index (χ4v) is 2.59. The van der Waals surface area contributed by atoms with Gasteiger partial charge in [0.1, 0.15) is 5.75 Å². The minimum Gasteiger partial charge on any atom is -0.492 e. The van der Waals surface area contributed by atoms with Gasteiger partial charge in [-0.1, -0.05) is 49.4 Å². The van der Waals surface area contributed by atoms with Gasteiger partial charge in [0.25, 0.3) is 0 Å². The van der Waals surface area contributed by atoms with Crippen LogP contribution < -0.4 is 10.1 Å². The number of carbonyl (C=O) groups excluding carboxylic acids is 1. The minimum atomic E-state index is 0.0785. The summed E-state index contributed by atoms with van der Waals surface area (Å²) in [4.78, 5) is 11.8. The van der Waals surface area contributed by atoms with Gasteiger partial charge in [0, 0.05) is 17.5 Å². The average molecular weight is 346 g/mol. The Hall–Kier alpha value is -0.930. The third kappa shape index (κ3) is 7.90. The lowest BCUT2D eigenvalue weighted by molar-refractivity contribution is -0.121. The van der Waals surface area contributed by atoms with Gasteiger partial charge in [-0.05, 0) is 38.0 Å². The smallest absolute Gasteiger partial charge is 0.220 e. The first-order valence-corrected chi connectivity index (χ1v) is 8.65. The van der Waals surface area contributed by atoms with Crippen molar-refractivity contribution in [3.63, 3.8) is 0 Å². The second-order valence-electron chi connectivity index (χ2n) is 5.49. The van der Waals surface area contributed by atoms with Crippen LogP contribution in [0.15, 0.2) is 18.2 Å². The molecule has 1 unspecified atom stereocenters. The maximum atomic E-state index is 11.8. The van der Waals surface area contributed by atoms with Crippen molar-refractivity contribution in [2.24, 2.45) is 0 Å². The molecule has 0 aliphatic rings. The Morgan fingerprint density at radius 2 is 2.05 bits per heavy atom. The van der Waals surface area contributed by atoms with Gasteiger partial charge in [0.15, 0.2) is 0 Å². The molecule has 1 rings (SSSR count). The number of amides is 1. The van der Waals surface area contributed by atoms with Gasteiger partial charge in [-0.3, -0.25) is 4.79 Å². The monoisotopic (exact) mass is 345 g/mol. The van der Waals surface area contributed by atoms with Crippen molar-refractivity contribution in [1.82, 2.24) is 5.32 Å². The highest BCUT2D eigenvalue weighted by atomic mass is 35.5. The van der Waals surface area contributed by atoms with Gasteiger partial charge in [0.05, 0.1) is 11.6 Å². The molecule has 3 nitrogen and oxygen atoms in total. The van der Waals surface area contributed by atoms with Crippen molar-refractivity contribution >= 4 is 29.1 Å². The van der Waals surface area contributed by atoms with E-state index < -0.39 is 0 Å². The Morgan fingerprint density at radius 3 is 2.73 bits per heavy atom. The Labute approximate surface area is 143 Å². The van der Waals surface area contributed by atoms with Gasteiger partial charge in [-0.15, -0.1) is 0 Å². The molecule has 1 atom stereocenters. The predicted octanol–water partition coefficient (Wildman–Crippen LogP) is 5.24. The molecule has 1 aromatic carbocycles. The molecule has 0 bridgehead atoms. The zero-order valence-electron chi connectivity index (χ0n) is 13.3. The number of nitrogens with one attached hydrogen (secondary N) is 1. The Bertz CT molecular complexity index is 466. The van der Waals surface area contributed by atoms with Crippen LogP contribution in [-0.4, -0.2) is 18.6 Å². The van der Waals surface area contributed by atoms with Gasteiger partial charge in [0.2, 0.25) is 5.91 Å². The number of unbranched alkanes of at least 4 members (excludes halogenated alkanes) is 2. The van der Waals surface area contributed by atoms with E-state index in [2.05, 4.69) is 19.2 Å². The molecule has 0 heterocycles. The molecule has 0 spiro atoms. The normalized spacial score (nSPS) is 12.0. The maximum absolute atomic E-state index is 11.8. The summed E-state index contributed by atoms with van der Waals surface area (Å²) in [5.74, 6) is 0.675. The van der Waals surface area contributed by atoms with Crippen molar-refractivity contribution in [3.8, 4) is 5.75 Å². The van der Waals surface area contributed by atoms with Gasteiger partial charge < -0.3 is 10.1 Å². The van der Waals surface area contributed by atoms with Crippen LogP contribution in [0.4, 0.5) is 0 Å². The van der Waals surface area contributed by atoms with E-state index in [9.17, 15) is 4.79 Å². The summed E-state index contributed by atoms with van der Waals surface area (Å²) in [5, 5.41) is 4.08. The standard InChI is InChI=1S/C17H25Cl2NO2/c1-3-4-5-7-13(2)20-17(21)8-6-11-22-16-10-9-14(18)12-15(16)19/h9-10,12-13H,3-8,11H2,1-2H3,(H,20,21). The predicted molar refractivity (Wildman–Crippen MR) is 92.9 cm³/mol.